The molecule has 0 aliphatic carbocycles. The molecule has 2 aromatic carbocycles. The van der Waals surface area contributed by atoms with Gasteiger partial charge in [-0.25, -0.2) is 4.79 Å². The Hall–Kier alpha value is -4.37. The normalized spacial score (nSPS) is 16.8. The van der Waals surface area contributed by atoms with Gasteiger partial charge in [0.05, 0.1) is 44.3 Å². The number of benzene rings is 2. The number of carbonyl (C=O) groups is 1. The summed E-state index contributed by atoms with van der Waals surface area (Å²) < 4.78 is 18.1. The topological polar surface area (TPSA) is 77.9 Å². The quantitative estimate of drug-likeness (QED) is 0.277. The largest absolute Gasteiger partial charge is 0.497 e. The van der Waals surface area contributed by atoms with Gasteiger partial charge in [0, 0.05) is 29.8 Å². The van der Waals surface area contributed by atoms with E-state index in [0.29, 0.717) is 22.2 Å². The molecule has 0 bridgehead atoms. The average Bonchev–Trinajstić information content (AvgIpc) is 3.57. The van der Waals surface area contributed by atoms with Crippen LogP contribution >= 0.6 is 12.2 Å². The van der Waals surface area contributed by atoms with E-state index in [1.807, 2.05) is 60.8 Å². The molecule has 8 nitrogen and oxygen atoms in total. The zero-order valence-electron chi connectivity index (χ0n) is 20.6. The van der Waals surface area contributed by atoms with Gasteiger partial charge >= 0.3 is 5.97 Å². The number of nitrogens with zero attached hydrogens (tertiary/aromatic N) is 3. The highest BCUT2D eigenvalue weighted by molar-refractivity contribution is 7.80. The number of pyridine rings is 1. The van der Waals surface area contributed by atoms with Crippen LogP contribution in [0, 0.1) is 0 Å². The number of carbonyl (C=O) groups excluding carboxylic acids is 1. The van der Waals surface area contributed by atoms with Crippen molar-refractivity contribution in [2.24, 2.45) is 0 Å². The van der Waals surface area contributed by atoms with E-state index in [-0.39, 0.29) is 18.1 Å². The van der Waals surface area contributed by atoms with Crippen LogP contribution in [-0.2, 0) is 4.74 Å². The molecular weight excluding hydrogens is 488 g/mol. The first-order valence-electron chi connectivity index (χ1n) is 11.6. The van der Waals surface area contributed by atoms with Gasteiger partial charge in [-0.05, 0) is 72.9 Å². The highest BCUT2D eigenvalue weighted by Gasteiger charge is 2.43. The number of aromatic nitrogens is 2. The summed E-state index contributed by atoms with van der Waals surface area (Å²) in [6.45, 7) is 0. The van der Waals surface area contributed by atoms with Crippen LogP contribution in [0.5, 0.6) is 11.5 Å². The van der Waals surface area contributed by atoms with E-state index in [1.165, 1.54) is 7.11 Å². The molecule has 3 heterocycles. The summed E-state index contributed by atoms with van der Waals surface area (Å²) in [6.07, 6.45) is 3.76. The van der Waals surface area contributed by atoms with Crippen molar-refractivity contribution >= 4 is 29.0 Å². The molecule has 1 aliphatic rings. The first-order valence-corrected chi connectivity index (χ1v) is 12.0. The van der Waals surface area contributed by atoms with Crippen molar-refractivity contribution in [1.29, 1.82) is 0 Å². The molecule has 1 aliphatic heterocycles. The van der Waals surface area contributed by atoms with Crippen LogP contribution in [0.2, 0.25) is 0 Å². The van der Waals surface area contributed by atoms with Crippen molar-refractivity contribution in [3.05, 3.63) is 102 Å². The number of ether oxygens (including phenoxy) is 3. The van der Waals surface area contributed by atoms with E-state index in [9.17, 15) is 4.79 Å². The van der Waals surface area contributed by atoms with E-state index in [2.05, 4.69) is 25.8 Å². The molecule has 1 fully saturated rings. The third-order valence-corrected chi connectivity index (χ3v) is 6.71. The predicted octanol–water partition coefficient (Wildman–Crippen LogP) is 4.85. The lowest BCUT2D eigenvalue weighted by Gasteiger charge is -2.30. The zero-order chi connectivity index (χ0) is 25.9. The van der Waals surface area contributed by atoms with E-state index >= 15 is 0 Å². The van der Waals surface area contributed by atoms with Gasteiger partial charge in [-0.15, -0.1) is 0 Å². The van der Waals surface area contributed by atoms with Crippen LogP contribution in [0.3, 0.4) is 0 Å². The molecule has 2 atom stereocenters. The summed E-state index contributed by atoms with van der Waals surface area (Å²) in [5.74, 6) is 0.943. The summed E-state index contributed by atoms with van der Waals surface area (Å²) >= 11 is 5.88. The molecule has 9 heteroatoms. The molecular formula is C28H26N4O4S. The number of esters is 1. The molecule has 0 unspecified atom stereocenters. The van der Waals surface area contributed by atoms with E-state index < -0.39 is 0 Å². The van der Waals surface area contributed by atoms with Gasteiger partial charge in [-0.3, -0.25) is 4.98 Å². The molecule has 37 heavy (non-hydrogen) atoms. The van der Waals surface area contributed by atoms with Crippen LogP contribution in [0.15, 0.2) is 85.2 Å². The Morgan fingerprint density at radius 2 is 1.78 bits per heavy atom. The standard InChI is InChI=1S/C28H26N4O4S/c1-34-20-13-14-22(24(17-20)35-2)32-26(25(30-28(32)37)21-7-4-5-15-29-21)23-8-6-16-31(23)19-11-9-18(10-12-19)27(33)36-3/h4-17,25-26H,1-3H3,(H,30,37)/t25-,26+/m0/s1. The van der Waals surface area contributed by atoms with Crippen LogP contribution in [0.25, 0.3) is 5.69 Å². The number of methoxy groups -OCH3 is 3. The van der Waals surface area contributed by atoms with Gasteiger partial charge in [0.2, 0.25) is 0 Å². The summed E-state index contributed by atoms with van der Waals surface area (Å²) in [5, 5.41) is 4.03. The molecule has 0 spiro atoms. The van der Waals surface area contributed by atoms with Gasteiger partial charge in [-0.2, -0.15) is 0 Å². The fourth-order valence-electron chi connectivity index (χ4n) is 4.64. The van der Waals surface area contributed by atoms with Crippen LogP contribution in [-0.4, -0.2) is 42.0 Å². The molecule has 5 rings (SSSR count). The summed E-state index contributed by atoms with van der Waals surface area (Å²) in [4.78, 5) is 18.6. The predicted molar refractivity (Wildman–Crippen MR) is 145 cm³/mol. The van der Waals surface area contributed by atoms with Crippen molar-refractivity contribution in [2.75, 3.05) is 26.2 Å². The second-order valence-corrected chi connectivity index (χ2v) is 8.76. The molecule has 1 N–H and O–H groups in total. The number of anilines is 1. The fraction of sp³-hybridized carbons (Fsp3) is 0.179. The Bertz CT molecular complexity index is 1420. The zero-order valence-corrected chi connectivity index (χ0v) is 21.4. The van der Waals surface area contributed by atoms with Gasteiger partial charge in [-0.1, -0.05) is 6.07 Å². The van der Waals surface area contributed by atoms with Gasteiger partial charge in [0.25, 0.3) is 0 Å². The van der Waals surface area contributed by atoms with Crippen molar-refractivity contribution < 1.29 is 19.0 Å². The lowest BCUT2D eigenvalue weighted by Crippen LogP contribution is -2.30. The van der Waals surface area contributed by atoms with Gasteiger partial charge < -0.3 is 29.0 Å². The number of hydrogen-bond donors (Lipinski definition) is 1. The van der Waals surface area contributed by atoms with Crippen LogP contribution in [0.1, 0.15) is 33.8 Å². The number of nitrogens with one attached hydrogen (secondary N) is 1. The van der Waals surface area contributed by atoms with Crippen LogP contribution in [0.4, 0.5) is 5.69 Å². The smallest absolute Gasteiger partial charge is 0.337 e. The second-order valence-electron chi connectivity index (χ2n) is 8.38. The van der Waals surface area contributed by atoms with Gasteiger partial charge in [0.15, 0.2) is 5.11 Å². The Balaban J connectivity index is 1.64. The minimum absolute atomic E-state index is 0.233. The van der Waals surface area contributed by atoms with Crippen LogP contribution < -0.4 is 19.7 Å². The summed E-state index contributed by atoms with van der Waals surface area (Å²) in [5.41, 5.74) is 4.02. The maximum absolute atomic E-state index is 11.9. The van der Waals surface area contributed by atoms with E-state index in [1.54, 1.807) is 32.5 Å². The Morgan fingerprint density at radius 1 is 0.973 bits per heavy atom. The van der Waals surface area contributed by atoms with Crippen molar-refractivity contribution in [3.63, 3.8) is 0 Å². The van der Waals surface area contributed by atoms with E-state index in [0.717, 1.165) is 22.8 Å². The Kier molecular flexibility index (Phi) is 6.78. The number of thiocarbonyl (C=S) groups is 1. The van der Waals surface area contributed by atoms with Gasteiger partial charge in [0.1, 0.15) is 17.5 Å². The van der Waals surface area contributed by atoms with Crippen molar-refractivity contribution in [1.82, 2.24) is 14.9 Å². The Morgan fingerprint density at radius 3 is 2.46 bits per heavy atom. The third kappa shape index (κ3) is 4.49. The maximum atomic E-state index is 11.9. The molecule has 0 saturated carbocycles. The molecule has 0 radical (unpaired) electrons. The first-order chi connectivity index (χ1) is 18.0. The molecule has 1 saturated heterocycles. The first kappa shape index (κ1) is 24.3. The molecule has 0 amide bonds. The second kappa shape index (κ2) is 10.3. The lowest BCUT2D eigenvalue weighted by molar-refractivity contribution is 0.0600. The Labute approximate surface area is 220 Å². The minimum Gasteiger partial charge on any atom is -0.497 e. The minimum atomic E-state index is -0.377. The molecule has 2 aromatic heterocycles. The maximum Gasteiger partial charge on any atom is 0.337 e. The summed E-state index contributed by atoms with van der Waals surface area (Å²) in [6, 6.07) is 22.4. The highest BCUT2D eigenvalue weighted by Crippen LogP contribution is 2.45. The third-order valence-electron chi connectivity index (χ3n) is 6.39. The highest BCUT2D eigenvalue weighted by atomic mass is 32.1. The van der Waals surface area contributed by atoms with E-state index in [4.69, 9.17) is 26.4 Å². The monoisotopic (exact) mass is 514 g/mol. The van der Waals surface area contributed by atoms with Crippen molar-refractivity contribution in [2.45, 2.75) is 12.1 Å². The number of rotatable bonds is 7. The summed E-state index contributed by atoms with van der Waals surface area (Å²) in [7, 11) is 4.62. The average molecular weight is 515 g/mol. The van der Waals surface area contributed by atoms with Crippen molar-refractivity contribution in [3.8, 4) is 17.2 Å². The molecule has 4 aromatic rings. The molecule has 188 valence electrons. The lowest BCUT2D eigenvalue weighted by atomic mass is 10.0. The number of hydrogen-bond acceptors (Lipinski definition) is 6. The SMILES string of the molecule is COC(=O)c1ccc(-n2cccc2[C@@H]2[C@H](c3ccccn3)NC(=S)N2c2ccc(OC)cc2OC)cc1. The fourth-order valence-corrected chi connectivity index (χ4v) is 4.98.